The van der Waals surface area contributed by atoms with Gasteiger partial charge < -0.3 is 20.4 Å². The van der Waals surface area contributed by atoms with Crippen LogP contribution >= 0.6 is 46.4 Å². The summed E-state index contributed by atoms with van der Waals surface area (Å²) in [5, 5.41) is 32.8. The number of carboxylic acids is 4. The Morgan fingerprint density at radius 2 is 0.769 bits per heavy atom. The second kappa shape index (κ2) is 6.81. The molecule has 2 aromatic carbocycles. The largest absolute Gasteiger partial charge is 0.478 e. The zero-order chi connectivity index (χ0) is 20.1. The third-order valence-corrected chi connectivity index (χ3v) is 4.97. The van der Waals surface area contributed by atoms with Crippen molar-refractivity contribution in [2.45, 2.75) is 0 Å². The van der Waals surface area contributed by atoms with E-state index in [0.717, 1.165) is 0 Å². The van der Waals surface area contributed by atoms with Crippen molar-refractivity contribution in [2.75, 3.05) is 0 Å². The Morgan fingerprint density at radius 3 is 1.12 bits per heavy atom. The van der Waals surface area contributed by atoms with E-state index in [1.54, 1.807) is 0 Å². The quantitative estimate of drug-likeness (QED) is 0.549. The zero-order valence-electron chi connectivity index (χ0n) is 11.9. The molecular weight excluding hydrogens is 438 g/mol. The van der Waals surface area contributed by atoms with Crippen molar-refractivity contribution in [3.05, 3.63) is 42.3 Å². The van der Waals surface area contributed by atoms with Gasteiger partial charge in [0.15, 0.2) is 0 Å². The van der Waals surface area contributed by atoms with Crippen molar-refractivity contribution in [1.82, 2.24) is 0 Å². The van der Waals surface area contributed by atoms with Gasteiger partial charge in [0.25, 0.3) is 0 Å². The van der Waals surface area contributed by atoms with E-state index >= 15 is 0 Å². The minimum atomic E-state index is -1.82. The molecule has 0 aliphatic rings. The third-order valence-electron chi connectivity index (χ3n) is 3.37. The van der Waals surface area contributed by atoms with Crippen molar-refractivity contribution in [3.63, 3.8) is 0 Å². The molecule has 12 heteroatoms. The van der Waals surface area contributed by atoms with E-state index in [1.807, 2.05) is 0 Å². The normalized spacial score (nSPS) is 10.8. The molecule has 8 nitrogen and oxygen atoms in total. The Bertz CT molecular complexity index is 1040. The van der Waals surface area contributed by atoms with Crippen LogP contribution < -0.4 is 0 Å². The van der Waals surface area contributed by atoms with Crippen LogP contribution in [0.1, 0.15) is 41.4 Å². The average molecular weight is 442 g/mol. The summed E-state index contributed by atoms with van der Waals surface area (Å²) < 4.78 is 0. The molecule has 0 saturated heterocycles. The molecule has 0 spiro atoms. The molecule has 0 radical (unpaired) electrons. The van der Waals surface area contributed by atoms with Gasteiger partial charge >= 0.3 is 23.9 Å². The SMILES string of the molecule is O=C(O)c1c(Cl)c(C(=O)O)c2c(C(=O)O)c(Cl)c(Cl)c(C(=O)O)c2c1Cl. The van der Waals surface area contributed by atoms with Gasteiger partial charge in [-0.3, -0.25) is 0 Å². The summed E-state index contributed by atoms with van der Waals surface area (Å²) in [6, 6.07) is 0. The predicted molar refractivity (Wildman–Crippen MR) is 91.8 cm³/mol. The molecule has 136 valence electrons. The highest BCUT2D eigenvalue weighted by molar-refractivity contribution is 6.51. The maximum Gasteiger partial charge on any atom is 0.338 e. The van der Waals surface area contributed by atoms with Gasteiger partial charge in [-0.2, -0.15) is 0 Å². The fourth-order valence-corrected chi connectivity index (χ4v) is 3.71. The molecule has 0 atom stereocenters. The van der Waals surface area contributed by atoms with E-state index in [4.69, 9.17) is 46.4 Å². The molecule has 0 amide bonds. The number of carboxylic acid groups (broad SMARTS) is 4. The highest BCUT2D eigenvalue weighted by Gasteiger charge is 2.34. The summed E-state index contributed by atoms with van der Waals surface area (Å²) in [4.78, 5) is 46.3. The van der Waals surface area contributed by atoms with Crippen molar-refractivity contribution in [1.29, 1.82) is 0 Å². The summed E-state index contributed by atoms with van der Waals surface area (Å²) in [5.74, 6) is -7.08. The number of halogens is 4. The molecule has 0 aliphatic carbocycles. The minimum Gasteiger partial charge on any atom is -0.478 e. The van der Waals surface area contributed by atoms with Crippen LogP contribution in [0.2, 0.25) is 20.1 Å². The van der Waals surface area contributed by atoms with Gasteiger partial charge in [0, 0.05) is 10.8 Å². The molecule has 0 aliphatic heterocycles. The molecule has 0 heterocycles. The smallest absolute Gasteiger partial charge is 0.338 e. The van der Waals surface area contributed by atoms with Crippen LogP contribution in [-0.4, -0.2) is 44.3 Å². The number of fused-ring (bicyclic) bond motifs is 1. The van der Waals surface area contributed by atoms with Gasteiger partial charge in [0.2, 0.25) is 0 Å². The minimum absolute atomic E-state index is 0.717. The van der Waals surface area contributed by atoms with Gasteiger partial charge in [-0.25, -0.2) is 19.2 Å². The van der Waals surface area contributed by atoms with E-state index in [1.165, 1.54) is 0 Å². The Kier molecular flexibility index (Phi) is 5.25. The van der Waals surface area contributed by atoms with Crippen molar-refractivity contribution >= 4 is 81.1 Å². The molecule has 0 aromatic heterocycles. The lowest BCUT2D eigenvalue weighted by molar-refractivity contribution is 0.0680. The topological polar surface area (TPSA) is 149 Å². The Labute approximate surface area is 163 Å². The third kappa shape index (κ3) is 2.80. The second-order valence-corrected chi connectivity index (χ2v) is 6.24. The van der Waals surface area contributed by atoms with Crippen molar-refractivity contribution in [3.8, 4) is 0 Å². The Morgan fingerprint density at radius 1 is 0.462 bits per heavy atom. The van der Waals surface area contributed by atoms with Crippen LogP contribution in [0.15, 0.2) is 0 Å². The number of carbonyl (C=O) groups is 4. The lowest BCUT2D eigenvalue weighted by Crippen LogP contribution is -2.13. The van der Waals surface area contributed by atoms with Crippen LogP contribution in [0.25, 0.3) is 10.8 Å². The lowest BCUT2D eigenvalue weighted by atomic mass is 9.92. The fraction of sp³-hybridized carbons (Fsp3) is 0. The first-order chi connectivity index (χ1) is 11.9. The number of hydrogen-bond acceptors (Lipinski definition) is 4. The highest BCUT2D eigenvalue weighted by atomic mass is 35.5. The number of hydrogen-bond donors (Lipinski definition) is 4. The summed E-state index contributed by atoms with van der Waals surface area (Å²) in [6.45, 7) is 0. The van der Waals surface area contributed by atoms with Crippen LogP contribution in [0.4, 0.5) is 0 Å². The van der Waals surface area contributed by atoms with Crippen LogP contribution in [0, 0.1) is 0 Å². The van der Waals surface area contributed by atoms with E-state index in [9.17, 15) is 39.6 Å². The standard InChI is InChI=1S/C14H4Cl4O8/c15-7-2-1(3(11(19)20)8(16)6(7)14(25)26)4(12(21)22)9(17)10(18)5(2)13(23)24/h(H,19,20)(H,21,22)(H,23,24)(H,25,26). The second-order valence-electron chi connectivity index (χ2n) is 4.73. The maximum atomic E-state index is 11.6. The van der Waals surface area contributed by atoms with E-state index in [0.29, 0.717) is 0 Å². The van der Waals surface area contributed by atoms with Crippen LogP contribution in [0.5, 0.6) is 0 Å². The number of aromatic carboxylic acids is 4. The molecule has 0 saturated carbocycles. The van der Waals surface area contributed by atoms with E-state index < -0.39 is 77.0 Å². The molecular formula is C14H4Cl4O8. The molecule has 0 fully saturated rings. The molecule has 0 unspecified atom stereocenters. The van der Waals surface area contributed by atoms with Gasteiger partial charge in [-0.1, -0.05) is 46.4 Å². The number of benzene rings is 2. The summed E-state index contributed by atoms with van der Waals surface area (Å²) in [5.41, 5.74) is -3.64. The lowest BCUT2D eigenvalue weighted by Gasteiger charge is -2.17. The van der Waals surface area contributed by atoms with Crippen LogP contribution in [0.3, 0.4) is 0 Å². The summed E-state index contributed by atoms with van der Waals surface area (Å²) in [6.07, 6.45) is 0. The first-order valence-electron chi connectivity index (χ1n) is 6.22. The highest BCUT2D eigenvalue weighted by Crippen LogP contribution is 2.46. The first kappa shape index (κ1) is 20.1. The van der Waals surface area contributed by atoms with Gasteiger partial charge in [-0.05, 0) is 0 Å². The monoisotopic (exact) mass is 440 g/mol. The zero-order valence-corrected chi connectivity index (χ0v) is 15.0. The van der Waals surface area contributed by atoms with Gasteiger partial charge in [0.1, 0.15) is 0 Å². The predicted octanol–water partition coefficient (Wildman–Crippen LogP) is 4.25. The fourth-order valence-electron chi connectivity index (χ4n) is 2.40. The molecule has 2 aromatic rings. The molecule has 4 N–H and O–H groups in total. The van der Waals surface area contributed by atoms with Gasteiger partial charge in [-0.15, -0.1) is 0 Å². The molecule has 0 bridgehead atoms. The Balaban J connectivity index is 3.47. The maximum absolute atomic E-state index is 11.6. The van der Waals surface area contributed by atoms with Crippen LogP contribution in [-0.2, 0) is 0 Å². The van der Waals surface area contributed by atoms with Gasteiger partial charge in [0.05, 0.1) is 42.3 Å². The average Bonchev–Trinajstić information content (AvgIpc) is 2.47. The van der Waals surface area contributed by atoms with Crippen molar-refractivity contribution in [2.24, 2.45) is 0 Å². The number of rotatable bonds is 4. The molecule has 26 heavy (non-hydrogen) atoms. The van der Waals surface area contributed by atoms with Crippen molar-refractivity contribution < 1.29 is 39.6 Å². The molecule has 2 rings (SSSR count). The summed E-state index contributed by atoms with van der Waals surface area (Å²) >= 11 is 23.4. The van der Waals surface area contributed by atoms with E-state index in [-0.39, 0.29) is 0 Å². The summed E-state index contributed by atoms with van der Waals surface area (Å²) in [7, 11) is 0. The Hall–Kier alpha value is -2.26. The van der Waals surface area contributed by atoms with E-state index in [2.05, 4.69) is 0 Å². The first-order valence-corrected chi connectivity index (χ1v) is 7.73.